The Balaban J connectivity index is 1.63. The number of ether oxygens (including phenoxy) is 1. The second-order valence-electron chi connectivity index (χ2n) is 7.74. The van der Waals surface area contributed by atoms with E-state index in [0.717, 1.165) is 13.0 Å². The molecule has 0 spiro atoms. The molecular weight excluding hydrogens is 447 g/mol. The minimum Gasteiger partial charge on any atom is -0.361 e. The molecule has 1 unspecified atom stereocenters. The average Bonchev–Trinajstić information content (AvgIpc) is 3.23. The van der Waals surface area contributed by atoms with E-state index in [1.165, 1.54) is 6.08 Å². The molecule has 2 N–H and O–H groups in total. The Morgan fingerprint density at radius 1 is 1.47 bits per heavy atom. The zero-order valence-corrected chi connectivity index (χ0v) is 17.6. The Labute approximate surface area is 177 Å². The van der Waals surface area contributed by atoms with Gasteiger partial charge in [0.05, 0.1) is 28.4 Å². The maximum Gasteiger partial charge on any atom is 0.414 e. The molecule has 1 aliphatic heterocycles. The van der Waals surface area contributed by atoms with E-state index >= 15 is 0 Å². The number of nitriles is 1. The monoisotopic (exact) mass is 467 g/mol. The Morgan fingerprint density at radius 3 is 2.67 bits per heavy atom. The number of alkyl halides is 3. The predicted octanol–water partition coefficient (Wildman–Crippen LogP) is 2.05. The number of nitrogens with zero attached hydrogens (tertiary/aromatic N) is 1. The van der Waals surface area contributed by atoms with Gasteiger partial charge in [-0.25, -0.2) is 8.42 Å². The Hall–Kier alpha value is -1.61. The molecule has 2 aliphatic carbocycles. The van der Waals surface area contributed by atoms with E-state index in [4.69, 9.17) is 21.6 Å². The van der Waals surface area contributed by atoms with E-state index in [1.807, 2.05) is 6.07 Å². The van der Waals surface area contributed by atoms with Gasteiger partial charge in [0.1, 0.15) is 5.54 Å². The summed E-state index contributed by atoms with van der Waals surface area (Å²) in [6.45, 7) is 0.887. The lowest BCUT2D eigenvalue weighted by Gasteiger charge is -2.25. The lowest BCUT2D eigenvalue weighted by atomic mass is 10.1. The molecule has 0 aromatic heterocycles. The summed E-state index contributed by atoms with van der Waals surface area (Å²) in [6, 6.07) is 1.28. The van der Waals surface area contributed by atoms with Crippen LogP contribution in [0.4, 0.5) is 13.2 Å². The molecule has 1 amide bonds. The van der Waals surface area contributed by atoms with Crippen molar-refractivity contribution in [1.29, 1.82) is 5.26 Å². The molecule has 4 atom stereocenters. The molecule has 1 heterocycles. The number of allylic oxidation sites excluding steroid dienone is 1. The lowest BCUT2D eigenvalue weighted by molar-refractivity contribution is -0.221. The molecule has 30 heavy (non-hydrogen) atoms. The highest BCUT2D eigenvalue weighted by atomic mass is 35.5. The molecule has 1 saturated carbocycles. The van der Waals surface area contributed by atoms with Crippen molar-refractivity contribution < 1.29 is 31.1 Å². The first-order valence-corrected chi connectivity index (χ1v) is 11.3. The van der Waals surface area contributed by atoms with Crippen LogP contribution in [0, 0.1) is 11.3 Å². The van der Waals surface area contributed by atoms with Crippen LogP contribution in [0.25, 0.3) is 0 Å². The summed E-state index contributed by atoms with van der Waals surface area (Å²) in [5.41, 5.74) is -0.851. The van der Waals surface area contributed by atoms with Gasteiger partial charge in [0, 0.05) is 18.0 Å². The molecule has 0 bridgehead atoms. The third-order valence-electron chi connectivity index (χ3n) is 5.43. The summed E-state index contributed by atoms with van der Waals surface area (Å²) in [7, 11) is -3.92. The van der Waals surface area contributed by atoms with Crippen LogP contribution in [0.2, 0.25) is 0 Å². The van der Waals surface area contributed by atoms with Gasteiger partial charge in [0.15, 0.2) is 15.9 Å². The average molecular weight is 468 g/mol. The molecule has 3 rings (SSSR count). The second-order valence-corrected chi connectivity index (χ2v) is 10.4. The Morgan fingerprint density at radius 2 is 2.13 bits per heavy atom. The molecule has 1 saturated heterocycles. The first-order valence-electron chi connectivity index (χ1n) is 9.37. The van der Waals surface area contributed by atoms with Crippen LogP contribution in [-0.4, -0.2) is 56.1 Å². The largest absolute Gasteiger partial charge is 0.414 e. The van der Waals surface area contributed by atoms with Gasteiger partial charge < -0.3 is 15.4 Å². The molecule has 0 radical (unpaired) electrons. The summed E-state index contributed by atoms with van der Waals surface area (Å²) in [6.07, 6.45) is -4.20. The van der Waals surface area contributed by atoms with Crippen LogP contribution in [0.3, 0.4) is 0 Å². The van der Waals surface area contributed by atoms with Crippen molar-refractivity contribution >= 4 is 27.3 Å². The number of rotatable bonds is 6. The van der Waals surface area contributed by atoms with E-state index in [2.05, 4.69) is 10.6 Å². The van der Waals surface area contributed by atoms with Gasteiger partial charge in [0.25, 0.3) is 0 Å². The number of halogens is 4. The number of amides is 1. The fourth-order valence-electron chi connectivity index (χ4n) is 3.34. The quantitative estimate of drug-likeness (QED) is 0.619. The SMILES string of the molecule is C[C@H](OC1C=CC(S(=O)(=O)[C@H]2CN[C@H](C(=O)NC3(C#N)CC3)C2)=C(Cl)C1)C(F)(F)F. The smallest absolute Gasteiger partial charge is 0.361 e. The third kappa shape index (κ3) is 4.82. The number of carbonyl (C=O) groups excluding carboxylic acids is 1. The molecule has 3 aliphatic rings. The summed E-state index contributed by atoms with van der Waals surface area (Å²) in [4.78, 5) is 12.1. The molecule has 12 heteroatoms. The summed E-state index contributed by atoms with van der Waals surface area (Å²) >= 11 is 6.10. The van der Waals surface area contributed by atoms with Gasteiger partial charge in [-0.05, 0) is 32.3 Å². The summed E-state index contributed by atoms with van der Waals surface area (Å²) in [5, 5.41) is 13.5. The number of nitrogens with one attached hydrogen (secondary N) is 2. The van der Waals surface area contributed by atoms with Crippen molar-refractivity contribution in [3.8, 4) is 6.07 Å². The highest BCUT2D eigenvalue weighted by Crippen LogP contribution is 2.36. The van der Waals surface area contributed by atoms with E-state index in [9.17, 15) is 26.4 Å². The summed E-state index contributed by atoms with van der Waals surface area (Å²) < 4.78 is 68.8. The van der Waals surface area contributed by atoms with Crippen LogP contribution < -0.4 is 10.6 Å². The van der Waals surface area contributed by atoms with Crippen molar-refractivity contribution in [1.82, 2.24) is 10.6 Å². The van der Waals surface area contributed by atoms with Crippen molar-refractivity contribution in [2.24, 2.45) is 0 Å². The minimum absolute atomic E-state index is 0.00220. The third-order valence-corrected chi connectivity index (χ3v) is 8.13. The van der Waals surface area contributed by atoms with Crippen molar-refractivity contribution in [2.75, 3.05) is 6.54 Å². The van der Waals surface area contributed by atoms with Crippen LogP contribution in [0.1, 0.15) is 32.6 Å². The number of sulfone groups is 1. The number of carbonyl (C=O) groups is 1. The van der Waals surface area contributed by atoms with Crippen molar-refractivity contribution in [3.63, 3.8) is 0 Å². The molecule has 2 fully saturated rings. The predicted molar refractivity (Wildman–Crippen MR) is 102 cm³/mol. The van der Waals surface area contributed by atoms with Gasteiger partial charge in [-0.1, -0.05) is 17.7 Å². The van der Waals surface area contributed by atoms with E-state index in [1.54, 1.807) is 0 Å². The number of hydrogen-bond donors (Lipinski definition) is 2. The fraction of sp³-hybridized carbons (Fsp3) is 0.667. The Kier molecular flexibility index (Phi) is 6.26. The first kappa shape index (κ1) is 23.1. The van der Waals surface area contributed by atoms with E-state index < -0.39 is 51.0 Å². The van der Waals surface area contributed by atoms with Gasteiger partial charge in [-0.2, -0.15) is 18.4 Å². The molecule has 0 aromatic rings. The normalized spacial score (nSPS) is 29.4. The Bertz CT molecular complexity index is 922. The zero-order chi connectivity index (χ0) is 22.3. The first-order chi connectivity index (χ1) is 13.9. The molecule has 166 valence electrons. The van der Waals surface area contributed by atoms with Crippen molar-refractivity contribution in [2.45, 2.75) is 67.8 Å². The topological polar surface area (TPSA) is 108 Å². The van der Waals surface area contributed by atoms with Gasteiger partial charge >= 0.3 is 6.18 Å². The minimum atomic E-state index is -4.54. The maximum absolute atomic E-state index is 13.0. The van der Waals surface area contributed by atoms with Crippen LogP contribution in [0.15, 0.2) is 22.1 Å². The highest BCUT2D eigenvalue weighted by Gasteiger charge is 2.47. The second kappa shape index (κ2) is 8.15. The van der Waals surface area contributed by atoms with E-state index in [-0.39, 0.29) is 29.3 Å². The van der Waals surface area contributed by atoms with Crippen molar-refractivity contribution in [3.05, 3.63) is 22.1 Å². The van der Waals surface area contributed by atoms with Gasteiger partial charge in [0.2, 0.25) is 5.91 Å². The van der Waals surface area contributed by atoms with Crippen LogP contribution >= 0.6 is 11.6 Å². The van der Waals surface area contributed by atoms with Gasteiger partial charge in [-0.15, -0.1) is 0 Å². The van der Waals surface area contributed by atoms with E-state index in [0.29, 0.717) is 12.8 Å². The lowest BCUT2D eigenvalue weighted by Crippen LogP contribution is -2.45. The fourth-order valence-corrected chi connectivity index (χ4v) is 5.66. The molecule has 7 nitrogen and oxygen atoms in total. The van der Waals surface area contributed by atoms with Crippen LogP contribution in [0.5, 0.6) is 0 Å². The van der Waals surface area contributed by atoms with Gasteiger partial charge in [-0.3, -0.25) is 4.79 Å². The zero-order valence-electron chi connectivity index (χ0n) is 16.0. The molecule has 0 aromatic carbocycles. The highest BCUT2D eigenvalue weighted by molar-refractivity contribution is 7.96. The maximum atomic E-state index is 13.0. The van der Waals surface area contributed by atoms with Crippen LogP contribution in [-0.2, 0) is 19.4 Å². The molecular formula is C18H21ClF3N3O4S. The standard InChI is InChI=1S/C18H21ClF3N3O4S/c1-10(18(20,21)22)29-11-2-3-15(13(19)6-11)30(27,28)12-7-14(24-8-12)16(26)25-17(9-23)4-5-17/h2-3,10-12,14,24H,4-8H2,1H3,(H,25,26)/t10-,11?,12+,14-/m0/s1. The summed E-state index contributed by atoms with van der Waals surface area (Å²) in [5.74, 6) is -0.430. The number of hydrogen-bond acceptors (Lipinski definition) is 6.